The van der Waals surface area contributed by atoms with Crippen LogP contribution in [0, 0.1) is 23.6 Å². The van der Waals surface area contributed by atoms with Crippen molar-refractivity contribution >= 4 is 17.5 Å². The third-order valence-electron chi connectivity index (χ3n) is 5.21. The van der Waals surface area contributed by atoms with Crippen molar-refractivity contribution in [1.82, 2.24) is 5.32 Å². The van der Waals surface area contributed by atoms with Crippen LogP contribution in [0.25, 0.3) is 0 Å². The molecule has 122 valence electrons. The second-order valence-corrected chi connectivity index (χ2v) is 7.07. The molecule has 0 radical (unpaired) electrons. The molecule has 23 heavy (non-hydrogen) atoms. The van der Waals surface area contributed by atoms with E-state index < -0.39 is 5.82 Å². The van der Waals surface area contributed by atoms with Crippen molar-refractivity contribution in [2.24, 2.45) is 17.8 Å². The predicted molar refractivity (Wildman–Crippen MR) is 84.2 cm³/mol. The Morgan fingerprint density at radius 3 is 2.43 bits per heavy atom. The van der Waals surface area contributed by atoms with Crippen molar-refractivity contribution in [3.63, 3.8) is 0 Å². The van der Waals surface area contributed by atoms with Gasteiger partial charge in [0.1, 0.15) is 5.82 Å². The lowest BCUT2D eigenvalue weighted by Crippen LogP contribution is -2.42. The molecule has 0 aromatic heterocycles. The van der Waals surface area contributed by atoms with Gasteiger partial charge < -0.3 is 10.2 Å². The summed E-state index contributed by atoms with van der Waals surface area (Å²) in [5.74, 6) is 0.251. The van der Waals surface area contributed by atoms with E-state index in [0.717, 1.165) is 0 Å². The molecule has 3 fully saturated rings. The Kier molecular flexibility index (Phi) is 3.58. The third-order valence-corrected chi connectivity index (χ3v) is 5.21. The van der Waals surface area contributed by atoms with Gasteiger partial charge in [0.25, 0.3) is 0 Å². The van der Waals surface area contributed by atoms with Gasteiger partial charge >= 0.3 is 0 Å². The molecule has 0 bridgehead atoms. The van der Waals surface area contributed by atoms with Gasteiger partial charge in [-0.25, -0.2) is 4.39 Å². The number of anilines is 1. The maximum absolute atomic E-state index is 13.9. The topological polar surface area (TPSA) is 49.4 Å². The molecule has 1 N–H and O–H groups in total. The van der Waals surface area contributed by atoms with Gasteiger partial charge in [0.2, 0.25) is 11.8 Å². The number of nitrogens with one attached hydrogen (secondary N) is 1. The number of nitrogens with zero attached hydrogens (tertiary/aromatic N) is 1. The van der Waals surface area contributed by atoms with Crippen molar-refractivity contribution in [3.8, 4) is 0 Å². The minimum Gasteiger partial charge on any atom is -0.353 e. The number of para-hydroxylation sites is 1. The Labute approximate surface area is 135 Å². The normalized spacial score (nSPS) is 24.3. The first kappa shape index (κ1) is 14.7. The molecule has 5 heteroatoms. The summed E-state index contributed by atoms with van der Waals surface area (Å²) < 4.78 is 13.9. The molecule has 0 spiro atoms. The quantitative estimate of drug-likeness (QED) is 0.907. The molecular formula is C18H21FN2O2. The summed E-state index contributed by atoms with van der Waals surface area (Å²) in [5.41, 5.74) is 0.272. The molecule has 4 nitrogen and oxygen atoms in total. The number of carbonyl (C=O) groups is 2. The van der Waals surface area contributed by atoms with Crippen LogP contribution < -0.4 is 10.2 Å². The van der Waals surface area contributed by atoms with Crippen LogP contribution in [0.5, 0.6) is 0 Å². The Balaban J connectivity index is 1.43. The zero-order valence-electron chi connectivity index (χ0n) is 13.0. The van der Waals surface area contributed by atoms with Gasteiger partial charge in [0, 0.05) is 19.0 Å². The molecule has 2 saturated carbocycles. The molecule has 1 aromatic rings. The van der Waals surface area contributed by atoms with Crippen LogP contribution in [0.15, 0.2) is 24.3 Å². The van der Waals surface area contributed by atoms with Gasteiger partial charge in [-0.3, -0.25) is 9.59 Å². The van der Waals surface area contributed by atoms with Crippen LogP contribution in [0.3, 0.4) is 0 Å². The number of benzene rings is 1. The molecule has 1 aliphatic heterocycles. The zero-order chi connectivity index (χ0) is 16.0. The summed E-state index contributed by atoms with van der Waals surface area (Å²) in [5, 5.41) is 3.18. The lowest BCUT2D eigenvalue weighted by Gasteiger charge is -2.21. The van der Waals surface area contributed by atoms with E-state index in [-0.39, 0.29) is 36.4 Å². The van der Waals surface area contributed by atoms with E-state index in [2.05, 4.69) is 5.32 Å². The highest BCUT2D eigenvalue weighted by molar-refractivity contribution is 6.00. The summed E-state index contributed by atoms with van der Waals surface area (Å²) in [4.78, 5) is 26.1. The second-order valence-electron chi connectivity index (χ2n) is 7.07. The Bertz CT molecular complexity index is 628. The fourth-order valence-electron chi connectivity index (χ4n) is 3.60. The van der Waals surface area contributed by atoms with Crippen LogP contribution in [0.1, 0.15) is 32.1 Å². The molecule has 3 aliphatic rings. The van der Waals surface area contributed by atoms with E-state index in [1.807, 2.05) is 0 Å². The maximum atomic E-state index is 13.9. The average Bonchev–Trinajstić information content (AvgIpc) is 3.44. The zero-order valence-corrected chi connectivity index (χ0v) is 13.0. The van der Waals surface area contributed by atoms with Crippen molar-refractivity contribution in [2.75, 3.05) is 11.4 Å². The minimum atomic E-state index is -0.421. The second kappa shape index (κ2) is 5.62. The maximum Gasteiger partial charge on any atom is 0.227 e. The van der Waals surface area contributed by atoms with Gasteiger partial charge in [0.15, 0.2) is 0 Å². The standard InChI is InChI=1S/C18H21FN2O2/c19-14-3-1-2-4-15(14)21-10-13(9-16(21)22)18(23)20-17(11-5-6-11)12-7-8-12/h1-4,11-13,17H,5-10H2,(H,20,23). The molecule has 1 saturated heterocycles. The molecule has 1 unspecified atom stereocenters. The monoisotopic (exact) mass is 316 g/mol. The SMILES string of the molecule is O=C(NC(C1CC1)C1CC1)C1CC(=O)N(c2ccccc2F)C1. The van der Waals surface area contributed by atoms with Crippen LogP contribution in [-0.2, 0) is 9.59 Å². The summed E-state index contributed by atoms with van der Waals surface area (Å²) in [6.07, 6.45) is 4.97. The fourth-order valence-corrected chi connectivity index (χ4v) is 3.60. The van der Waals surface area contributed by atoms with E-state index in [4.69, 9.17) is 0 Å². The van der Waals surface area contributed by atoms with Gasteiger partial charge in [-0.1, -0.05) is 12.1 Å². The van der Waals surface area contributed by atoms with Crippen molar-refractivity contribution < 1.29 is 14.0 Å². The van der Waals surface area contributed by atoms with Crippen molar-refractivity contribution in [1.29, 1.82) is 0 Å². The first-order valence-corrected chi connectivity index (χ1v) is 8.49. The number of hydrogen-bond acceptors (Lipinski definition) is 2. The summed E-state index contributed by atoms with van der Waals surface area (Å²) >= 11 is 0. The van der Waals surface area contributed by atoms with Gasteiger partial charge in [-0.15, -0.1) is 0 Å². The van der Waals surface area contributed by atoms with Gasteiger partial charge in [-0.2, -0.15) is 0 Å². The number of carbonyl (C=O) groups excluding carboxylic acids is 2. The summed E-state index contributed by atoms with van der Waals surface area (Å²) in [6, 6.07) is 6.52. The first-order chi connectivity index (χ1) is 11.1. The third kappa shape index (κ3) is 2.96. The van der Waals surface area contributed by atoms with Crippen LogP contribution in [0.2, 0.25) is 0 Å². The van der Waals surface area contributed by atoms with Crippen molar-refractivity contribution in [2.45, 2.75) is 38.1 Å². The Morgan fingerprint density at radius 1 is 1.17 bits per heavy atom. The number of amides is 2. The lowest BCUT2D eigenvalue weighted by molar-refractivity contribution is -0.127. The van der Waals surface area contributed by atoms with Crippen molar-refractivity contribution in [3.05, 3.63) is 30.1 Å². The minimum absolute atomic E-state index is 0.0408. The highest BCUT2D eigenvalue weighted by atomic mass is 19.1. The van der Waals surface area contributed by atoms with E-state index in [9.17, 15) is 14.0 Å². The first-order valence-electron chi connectivity index (χ1n) is 8.49. The van der Waals surface area contributed by atoms with E-state index in [1.54, 1.807) is 18.2 Å². The number of rotatable bonds is 5. The van der Waals surface area contributed by atoms with Gasteiger partial charge in [-0.05, 0) is 49.7 Å². The van der Waals surface area contributed by atoms with Crippen LogP contribution in [-0.4, -0.2) is 24.4 Å². The number of halogens is 1. The number of hydrogen-bond donors (Lipinski definition) is 1. The largest absolute Gasteiger partial charge is 0.353 e. The predicted octanol–water partition coefficient (Wildman–Crippen LogP) is 2.48. The highest BCUT2D eigenvalue weighted by Gasteiger charge is 2.44. The molecule has 1 aromatic carbocycles. The molecule has 2 amide bonds. The Morgan fingerprint density at radius 2 is 1.83 bits per heavy atom. The van der Waals surface area contributed by atoms with E-state index in [1.165, 1.54) is 36.6 Å². The molecule has 2 aliphatic carbocycles. The average molecular weight is 316 g/mol. The van der Waals surface area contributed by atoms with Crippen LogP contribution >= 0.6 is 0 Å². The fraction of sp³-hybridized carbons (Fsp3) is 0.556. The van der Waals surface area contributed by atoms with E-state index >= 15 is 0 Å². The van der Waals surface area contributed by atoms with Gasteiger partial charge in [0.05, 0.1) is 11.6 Å². The van der Waals surface area contributed by atoms with Crippen LogP contribution in [0.4, 0.5) is 10.1 Å². The lowest BCUT2D eigenvalue weighted by atomic mass is 10.0. The Hall–Kier alpha value is -1.91. The molecule has 4 rings (SSSR count). The molecule has 1 atom stereocenters. The molecule has 1 heterocycles. The molecular weight excluding hydrogens is 295 g/mol. The smallest absolute Gasteiger partial charge is 0.227 e. The summed E-state index contributed by atoms with van der Waals surface area (Å²) in [7, 11) is 0. The summed E-state index contributed by atoms with van der Waals surface area (Å²) in [6.45, 7) is 0.271. The van der Waals surface area contributed by atoms with E-state index in [0.29, 0.717) is 17.9 Å². The highest BCUT2D eigenvalue weighted by Crippen LogP contribution is 2.44.